The molecule has 2 rings (SSSR count). The van der Waals surface area contributed by atoms with Crippen molar-refractivity contribution in [1.82, 2.24) is 4.72 Å². The number of aromatic carboxylic acids is 1. The predicted molar refractivity (Wildman–Crippen MR) is 83.4 cm³/mol. The number of benzene rings is 1. The van der Waals surface area contributed by atoms with E-state index < -0.39 is 16.0 Å². The summed E-state index contributed by atoms with van der Waals surface area (Å²) in [5, 5.41) is 8.99. The van der Waals surface area contributed by atoms with Crippen LogP contribution in [-0.2, 0) is 10.0 Å². The van der Waals surface area contributed by atoms with E-state index in [0.717, 1.165) is 19.3 Å². The second-order valence-electron chi connectivity index (χ2n) is 5.35. The minimum Gasteiger partial charge on any atom is -0.478 e. The molecule has 0 aromatic heterocycles. The smallest absolute Gasteiger partial charge is 0.335 e. The number of thioether (sulfide) groups is 1. The maximum absolute atomic E-state index is 12.4. The molecule has 21 heavy (non-hydrogen) atoms. The van der Waals surface area contributed by atoms with E-state index in [1.807, 2.05) is 6.26 Å². The van der Waals surface area contributed by atoms with Gasteiger partial charge in [0.1, 0.15) is 0 Å². The van der Waals surface area contributed by atoms with Crippen molar-refractivity contribution < 1.29 is 18.3 Å². The van der Waals surface area contributed by atoms with E-state index in [-0.39, 0.29) is 15.2 Å². The molecule has 0 atom stereocenters. The number of hydrogen-bond acceptors (Lipinski definition) is 4. The molecule has 1 aliphatic carbocycles. The van der Waals surface area contributed by atoms with Gasteiger partial charge in [0.05, 0.1) is 10.5 Å². The summed E-state index contributed by atoms with van der Waals surface area (Å²) in [7, 11) is -3.69. The number of carbonyl (C=O) groups is 1. The Kier molecular flexibility index (Phi) is 4.65. The highest BCUT2D eigenvalue weighted by molar-refractivity contribution is 8.00. The molecule has 1 saturated carbocycles. The monoisotopic (exact) mass is 329 g/mol. The zero-order chi connectivity index (χ0) is 15.7. The average Bonchev–Trinajstić information content (AvgIpc) is 2.38. The summed E-state index contributed by atoms with van der Waals surface area (Å²) in [6, 6.07) is 4.14. The molecule has 0 heterocycles. The molecule has 0 bridgehead atoms. The van der Waals surface area contributed by atoms with E-state index >= 15 is 0 Å². The van der Waals surface area contributed by atoms with Crippen LogP contribution in [0.1, 0.15) is 35.2 Å². The maximum atomic E-state index is 12.4. The molecule has 1 aromatic carbocycles. The van der Waals surface area contributed by atoms with Gasteiger partial charge in [0.2, 0.25) is 10.0 Å². The lowest BCUT2D eigenvalue weighted by Gasteiger charge is -2.40. The van der Waals surface area contributed by atoms with Crippen molar-refractivity contribution in [3.63, 3.8) is 0 Å². The van der Waals surface area contributed by atoms with Gasteiger partial charge < -0.3 is 5.11 Å². The first-order chi connectivity index (χ1) is 9.80. The van der Waals surface area contributed by atoms with Crippen molar-refractivity contribution in [3.05, 3.63) is 29.3 Å². The van der Waals surface area contributed by atoms with Crippen molar-refractivity contribution in [1.29, 1.82) is 0 Å². The van der Waals surface area contributed by atoms with Crippen LogP contribution in [0.2, 0.25) is 0 Å². The molecule has 0 unspecified atom stereocenters. The van der Waals surface area contributed by atoms with Gasteiger partial charge >= 0.3 is 5.97 Å². The molecule has 1 aliphatic rings. The summed E-state index contributed by atoms with van der Waals surface area (Å²) >= 11 is 1.69. The van der Waals surface area contributed by atoms with Crippen molar-refractivity contribution in [2.75, 3.05) is 12.8 Å². The van der Waals surface area contributed by atoms with Gasteiger partial charge in [0.15, 0.2) is 0 Å². The minimum absolute atomic E-state index is 0.00855. The number of hydrogen-bond donors (Lipinski definition) is 2. The Morgan fingerprint density at radius 1 is 1.43 bits per heavy atom. The van der Waals surface area contributed by atoms with E-state index in [1.165, 1.54) is 18.2 Å². The number of carboxylic acids is 1. The Labute approximate surface area is 129 Å². The standard InChI is InChI=1S/C14H19NO4S2/c1-10-4-5-11(13(16)17)8-12(10)21(18,19)15-9-14(20-2)6-3-7-14/h4-5,8,15H,3,6-7,9H2,1-2H3,(H,16,17). The lowest BCUT2D eigenvalue weighted by atomic mass is 9.84. The molecular weight excluding hydrogens is 310 g/mol. The van der Waals surface area contributed by atoms with Gasteiger partial charge in [-0.1, -0.05) is 12.5 Å². The number of aryl methyl sites for hydroxylation is 1. The first-order valence-electron chi connectivity index (χ1n) is 6.68. The highest BCUT2D eigenvalue weighted by atomic mass is 32.2. The van der Waals surface area contributed by atoms with Crippen LogP contribution >= 0.6 is 11.8 Å². The van der Waals surface area contributed by atoms with Gasteiger partial charge in [0, 0.05) is 11.3 Å². The van der Waals surface area contributed by atoms with E-state index in [2.05, 4.69) is 4.72 Å². The van der Waals surface area contributed by atoms with Crippen LogP contribution in [-0.4, -0.2) is 37.0 Å². The molecule has 7 heteroatoms. The Morgan fingerprint density at radius 2 is 2.10 bits per heavy atom. The van der Waals surface area contributed by atoms with Crippen molar-refractivity contribution >= 4 is 27.8 Å². The molecule has 1 aromatic rings. The molecule has 116 valence electrons. The number of carboxylic acid groups (broad SMARTS) is 1. The minimum atomic E-state index is -3.69. The second kappa shape index (κ2) is 5.98. The van der Waals surface area contributed by atoms with Crippen molar-refractivity contribution in [2.45, 2.75) is 35.8 Å². The van der Waals surface area contributed by atoms with Gasteiger partial charge in [-0.3, -0.25) is 0 Å². The predicted octanol–water partition coefficient (Wildman–Crippen LogP) is 2.26. The zero-order valence-corrected chi connectivity index (χ0v) is 13.7. The van der Waals surface area contributed by atoms with E-state index in [0.29, 0.717) is 12.1 Å². The average molecular weight is 329 g/mol. The van der Waals surface area contributed by atoms with E-state index in [4.69, 9.17) is 5.11 Å². The summed E-state index contributed by atoms with van der Waals surface area (Å²) in [4.78, 5) is 11.0. The molecule has 0 aliphatic heterocycles. The normalized spacial score (nSPS) is 17.2. The second-order valence-corrected chi connectivity index (χ2v) is 8.36. The molecule has 0 saturated heterocycles. The zero-order valence-electron chi connectivity index (χ0n) is 12.0. The summed E-state index contributed by atoms with van der Waals surface area (Å²) in [5.74, 6) is -1.13. The Bertz CT molecular complexity index is 645. The maximum Gasteiger partial charge on any atom is 0.335 e. The first-order valence-corrected chi connectivity index (χ1v) is 9.39. The summed E-state index contributed by atoms with van der Waals surface area (Å²) < 4.78 is 27.5. The number of rotatable bonds is 6. The number of sulfonamides is 1. The van der Waals surface area contributed by atoms with Gasteiger partial charge in [-0.15, -0.1) is 0 Å². The van der Waals surface area contributed by atoms with Gasteiger partial charge in [-0.05, 0) is 43.7 Å². The fraction of sp³-hybridized carbons (Fsp3) is 0.500. The Morgan fingerprint density at radius 3 is 2.57 bits per heavy atom. The van der Waals surface area contributed by atoms with Crippen LogP contribution in [0, 0.1) is 6.92 Å². The Balaban J connectivity index is 2.23. The quantitative estimate of drug-likeness (QED) is 0.836. The number of nitrogens with one attached hydrogen (secondary N) is 1. The fourth-order valence-electron chi connectivity index (χ4n) is 2.35. The lowest BCUT2D eigenvalue weighted by molar-refractivity contribution is 0.0696. The van der Waals surface area contributed by atoms with Gasteiger partial charge in [-0.25, -0.2) is 17.9 Å². The van der Waals surface area contributed by atoms with Gasteiger partial charge in [0.25, 0.3) is 0 Å². The third-order valence-electron chi connectivity index (χ3n) is 4.01. The largest absolute Gasteiger partial charge is 0.478 e. The van der Waals surface area contributed by atoms with Crippen LogP contribution < -0.4 is 4.72 Å². The molecule has 0 amide bonds. The van der Waals surface area contributed by atoms with Gasteiger partial charge in [-0.2, -0.15) is 11.8 Å². The van der Waals surface area contributed by atoms with Crippen LogP contribution in [0.25, 0.3) is 0 Å². The van der Waals surface area contributed by atoms with Crippen LogP contribution in [0.3, 0.4) is 0 Å². The van der Waals surface area contributed by atoms with E-state index in [9.17, 15) is 13.2 Å². The summed E-state index contributed by atoms with van der Waals surface area (Å²) in [6.07, 6.45) is 5.12. The fourth-order valence-corrected chi connectivity index (χ4v) is 4.75. The van der Waals surface area contributed by atoms with Crippen molar-refractivity contribution in [3.8, 4) is 0 Å². The topological polar surface area (TPSA) is 83.5 Å². The highest BCUT2D eigenvalue weighted by Gasteiger charge is 2.37. The third kappa shape index (κ3) is 3.41. The van der Waals surface area contributed by atoms with E-state index in [1.54, 1.807) is 18.7 Å². The first kappa shape index (κ1) is 16.3. The SMILES string of the molecule is CSC1(CNS(=O)(=O)c2cc(C(=O)O)ccc2C)CCC1. The van der Waals surface area contributed by atoms with Crippen LogP contribution in [0.5, 0.6) is 0 Å². The molecule has 1 fully saturated rings. The third-order valence-corrected chi connectivity index (χ3v) is 6.97. The Hall–Kier alpha value is -1.05. The molecule has 0 spiro atoms. The highest BCUT2D eigenvalue weighted by Crippen LogP contribution is 2.42. The molecule has 2 N–H and O–H groups in total. The summed E-state index contributed by atoms with van der Waals surface area (Å²) in [6.45, 7) is 2.04. The molecule has 5 nitrogen and oxygen atoms in total. The van der Waals surface area contributed by atoms with Crippen LogP contribution in [0.15, 0.2) is 23.1 Å². The molecular formula is C14H19NO4S2. The van der Waals surface area contributed by atoms with Crippen LogP contribution in [0.4, 0.5) is 0 Å². The summed E-state index contributed by atoms with van der Waals surface area (Å²) in [5.41, 5.74) is 0.517. The molecule has 0 radical (unpaired) electrons. The lowest BCUT2D eigenvalue weighted by Crippen LogP contribution is -2.45. The van der Waals surface area contributed by atoms with Crippen molar-refractivity contribution in [2.24, 2.45) is 0 Å².